The summed E-state index contributed by atoms with van der Waals surface area (Å²) < 4.78 is 21.2. The van der Waals surface area contributed by atoms with Crippen molar-refractivity contribution in [2.45, 2.75) is 0 Å². The fraction of sp³-hybridized carbons (Fsp3) is 0. The van der Waals surface area contributed by atoms with Crippen LogP contribution in [0.15, 0.2) is 97.6 Å². The minimum absolute atomic E-state index is 0.935. The van der Waals surface area contributed by atoms with Gasteiger partial charge in [0.25, 0.3) is 0 Å². The minimum Gasteiger partial charge on any atom is -0.265 e. The molecule has 0 amide bonds. The van der Waals surface area contributed by atoms with Crippen LogP contribution in [0.3, 0.4) is 0 Å². The predicted octanol–water partition coefficient (Wildman–Crippen LogP) is 9.58. The van der Waals surface area contributed by atoms with Gasteiger partial charge >= 0.3 is 0 Å². The second kappa shape index (κ2) is 9.53. The molecule has 42 heavy (non-hydrogen) atoms. The largest absolute Gasteiger partial charge is 0.265 e. The molecule has 0 N–H and O–H groups in total. The Bertz CT molecular complexity index is 2200. The Morgan fingerprint density at radius 2 is 0.786 bits per heavy atom. The standard InChI is InChI=1S/C32H16N6S4/c1-3-23(31-29(35-41-37-31)21(1)17-5-9-33-10-6-17)27-15-19-13-26-20(14-25(19)39-27)16-28(40-26)24-4-2-22(18-7-11-34-12-8-18)30-32(24)38-42-36-30/h1-16H. The first-order valence-electron chi connectivity index (χ1n) is 13.1. The second-order valence-corrected chi connectivity index (χ2v) is 13.1. The third-order valence-electron chi connectivity index (χ3n) is 7.50. The summed E-state index contributed by atoms with van der Waals surface area (Å²) in [4.78, 5) is 10.7. The molecule has 0 radical (unpaired) electrons. The molecular formula is C32H16N6S4. The maximum atomic E-state index is 4.70. The van der Waals surface area contributed by atoms with Crippen molar-refractivity contribution < 1.29 is 0 Å². The van der Waals surface area contributed by atoms with E-state index < -0.39 is 0 Å². The van der Waals surface area contributed by atoms with Crippen LogP contribution in [0.5, 0.6) is 0 Å². The van der Waals surface area contributed by atoms with Crippen molar-refractivity contribution >= 4 is 88.4 Å². The second-order valence-electron chi connectivity index (χ2n) is 9.87. The van der Waals surface area contributed by atoms with Crippen LogP contribution in [0.25, 0.3) is 85.4 Å². The SMILES string of the molecule is c1cc(-c2ccc(-c3cc4cc5sc(-c6ccc(-c7ccncc7)c7nsnc67)cc5cc4s3)c3nsnc23)ccn1. The Morgan fingerprint density at radius 1 is 0.405 bits per heavy atom. The number of benzene rings is 3. The lowest BCUT2D eigenvalue weighted by atomic mass is 10.0. The third kappa shape index (κ3) is 3.80. The van der Waals surface area contributed by atoms with Crippen LogP contribution in [-0.4, -0.2) is 27.5 Å². The fourth-order valence-corrected chi connectivity index (χ4v) is 8.88. The van der Waals surface area contributed by atoms with Gasteiger partial charge < -0.3 is 0 Å². The lowest BCUT2D eigenvalue weighted by molar-refractivity contribution is 1.33. The van der Waals surface area contributed by atoms with Gasteiger partial charge in [0, 0.05) is 66.2 Å². The quantitative estimate of drug-likeness (QED) is 0.197. The third-order valence-corrected chi connectivity index (χ3v) is 10.8. The number of fused-ring (bicyclic) bond motifs is 4. The molecule has 6 heterocycles. The Balaban J connectivity index is 1.13. The summed E-state index contributed by atoms with van der Waals surface area (Å²) in [6, 6.07) is 25.9. The molecule has 9 aromatic rings. The zero-order valence-corrected chi connectivity index (χ0v) is 24.8. The molecule has 0 atom stereocenters. The highest BCUT2D eigenvalue weighted by Gasteiger charge is 2.18. The highest BCUT2D eigenvalue weighted by molar-refractivity contribution is 7.24. The van der Waals surface area contributed by atoms with Gasteiger partial charge in [-0.2, -0.15) is 17.5 Å². The van der Waals surface area contributed by atoms with Crippen LogP contribution >= 0.6 is 46.1 Å². The monoisotopic (exact) mass is 612 g/mol. The lowest BCUT2D eigenvalue weighted by Crippen LogP contribution is -1.84. The van der Waals surface area contributed by atoms with Crippen molar-refractivity contribution in [3.05, 3.63) is 97.6 Å². The molecule has 0 aliphatic heterocycles. The molecule has 6 aromatic heterocycles. The Morgan fingerprint density at radius 3 is 1.21 bits per heavy atom. The molecule has 0 spiro atoms. The van der Waals surface area contributed by atoms with Crippen LogP contribution in [0.4, 0.5) is 0 Å². The number of hydrogen-bond donors (Lipinski definition) is 0. The fourth-order valence-electron chi connectivity index (χ4n) is 5.50. The van der Waals surface area contributed by atoms with E-state index >= 15 is 0 Å². The summed E-state index contributed by atoms with van der Waals surface area (Å²) in [6.07, 6.45) is 7.25. The van der Waals surface area contributed by atoms with Crippen LogP contribution in [-0.2, 0) is 0 Å². The average molecular weight is 613 g/mol. The maximum absolute atomic E-state index is 4.70. The first-order chi connectivity index (χ1) is 20.8. The van der Waals surface area contributed by atoms with Crippen LogP contribution in [0.2, 0.25) is 0 Å². The molecule has 0 aliphatic rings. The van der Waals surface area contributed by atoms with E-state index in [4.69, 9.17) is 8.75 Å². The number of rotatable bonds is 4. The van der Waals surface area contributed by atoms with Crippen molar-refractivity contribution in [1.29, 1.82) is 0 Å². The molecule has 9 rings (SSSR count). The Kier molecular flexibility index (Phi) is 5.48. The maximum Gasteiger partial charge on any atom is 0.114 e. The van der Waals surface area contributed by atoms with Gasteiger partial charge in [0.15, 0.2) is 0 Å². The van der Waals surface area contributed by atoms with Gasteiger partial charge in [-0.1, -0.05) is 24.3 Å². The van der Waals surface area contributed by atoms with Crippen LogP contribution in [0, 0.1) is 0 Å². The molecular weight excluding hydrogens is 597 g/mol. The molecule has 0 fully saturated rings. The van der Waals surface area contributed by atoms with Gasteiger partial charge in [-0.15, -0.1) is 22.7 Å². The van der Waals surface area contributed by atoms with Crippen LogP contribution < -0.4 is 0 Å². The molecule has 198 valence electrons. The summed E-state index contributed by atoms with van der Waals surface area (Å²) >= 11 is 6.12. The number of hydrogen-bond acceptors (Lipinski definition) is 10. The zero-order chi connectivity index (χ0) is 27.6. The smallest absolute Gasteiger partial charge is 0.114 e. The molecule has 0 saturated carbocycles. The van der Waals surface area contributed by atoms with Crippen LogP contribution in [0.1, 0.15) is 0 Å². The molecule has 0 aliphatic carbocycles. The normalized spacial score (nSPS) is 11.8. The highest BCUT2D eigenvalue weighted by atomic mass is 32.1. The van der Waals surface area contributed by atoms with E-state index in [0.717, 1.165) is 55.4 Å². The highest BCUT2D eigenvalue weighted by Crippen LogP contribution is 2.44. The molecule has 10 heteroatoms. The topological polar surface area (TPSA) is 77.3 Å². The van der Waals surface area contributed by atoms with Gasteiger partial charge in [0.05, 0.1) is 23.5 Å². The summed E-state index contributed by atoms with van der Waals surface area (Å²) in [7, 11) is 0. The van der Waals surface area contributed by atoms with E-state index in [1.54, 1.807) is 22.7 Å². The molecule has 6 nitrogen and oxygen atoms in total. The Hall–Kier alpha value is -4.48. The predicted molar refractivity (Wildman–Crippen MR) is 176 cm³/mol. The van der Waals surface area contributed by atoms with Gasteiger partial charge in [0.2, 0.25) is 0 Å². The van der Waals surface area contributed by atoms with Crippen molar-refractivity contribution in [2.75, 3.05) is 0 Å². The molecule has 0 unspecified atom stereocenters. The van der Waals surface area contributed by atoms with Gasteiger partial charge in [-0.25, -0.2) is 0 Å². The number of thiophene rings is 2. The summed E-state index contributed by atoms with van der Waals surface area (Å²) in [5.41, 5.74) is 10.4. The van der Waals surface area contributed by atoms with E-state index in [0.29, 0.717) is 0 Å². The summed E-state index contributed by atoms with van der Waals surface area (Å²) in [5, 5.41) is 2.47. The number of nitrogens with zero attached hydrogens (tertiary/aromatic N) is 6. The van der Waals surface area contributed by atoms with Crippen molar-refractivity contribution in [3.63, 3.8) is 0 Å². The van der Waals surface area contributed by atoms with Gasteiger partial charge in [0.1, 0.15) is 22.1 Å². The van der Waals surface area contributed by atoms with Crippen molar-refractivity contribution in [2.24, 2.45) is 0 Å². The zero-order valence-electron chi connectivity index (χ0n) is 21.6. The first kappa shape index (κ1) is 24.2. The molecule has 0 saturated heterocycles. The van der Waals surface area contributed by atoms with Gasteiger partial charge in [-0.05, 0) is 70.4 Å². The van der Waals surface area contributed by atoms with E-state index in [-0.39, 0.29) is 0 Å². The van der Waals surface area contributed by atoms with E-state index in [9.17, 15) is 0 Å². The van der Waals surface area contributed by atoms with E-state index in [1.165, 1.54) is 53.4 Å². The average Bonchev–Trinajstić information content (AvgIpc) is 3.85. The molecule has 3 aromatic carbocycles. The Labute approximate surface area is 255 Å². The minimum atomic E-state index is 0.935. The summed E-state index contributed by atoms with van der Waals surface area (Å²) in [6.45, 7) is 0. The van der Waals surface area contributed by atoms with Crippen molar-refractivity contribution in [3.8, 4) is 43.1 Å². The first-order valence-corrected chi connectivity index (χ1v) is 16.2. The van der Waals surface area contributed by atoms with Gasteiger partial charge in [-0.3, -0.25) is 9.97 Å². The lowest BCUT2D eigenvalue weighted by Gasteiger charge is -2.05. The van der Waals surface area contributed by atoms with E-state index in [2.05, 4.69) is 67.2 Å². The van der Waals surface area contributed by atoms with E-state index in [1.807, 2.05) is 49.1 Å². The molecule has 0 bridgehead atoms. The number of pyridine rings is 2. The number of aromatic nitrogens is 6. The van der Waals surface area contributed by atoms with Crippen molar-refractivity contribution in [1.82, 2.24) is 27.5 Å². The summed E-state index contributed by atoms with van der Waals surface area (Å²) in [5.74, 6) is 0.